The van der Waals surface area contributed by atoms with Gasteiger partial charge in [-0.15, -0.1) is 0 Å². The summed E-state index contributed by atoms with van der Waals surface area (Å²) in [5.74, 6) is -1.88. The molecule has 3 aromatic rings. The minimum absolute atomic E-state index is 0.181. The number of ether oxygens (including phenoxy) is 3. The molecule has 4 rings (SSSR count). The Balaban J connectivity index is 1.58. The molecule has 0 aliphatic carbocycles. The number of rotatable bonds is 4. The quantitative estimate of drug-likeness (QED) is 0.388. The van der Waals surface area contributed by atoms with Crippen molar-refractivity contribution in [3.63, 3.8) is 0 Å². The Hall–Kier alpha value is -3.80. The van der Waals surface area contributed by atoms with Crippen LogP contribution >= 0.6 is 0 Å². The molecule has 1 fully saturated rings. The first-order valence-electron chi connectivity index (χ1n) is 9.46. The van der Waals surface area contributed by atoms with E-state index >= 15 is 0 Å². The summed E-state index contributed by atoms with van der Waals surface area (Å²) in [6, 6.07) is 19.8. The first-order chi connectivity index (χ1) is 14.3. The van der Waals surface area contributed by atoms with Crippen molar-refractivity contribution in [1.29, 1.82) is 0 Å². The summed E-state index contributed by atoms with van der Waals surface area (Å²) in [7, 11) is 1.65. The van der Waals surface area contributed by atoms with Gasteiger partial charge in [0.2, 0.25) is 0 Å². The number of methoxy groups -OCH3 is 1. The van der Waals surface area contributed by atoms with Crippen LogP contribution in [-0.4, -0.2) is 24.8 Å². The maximum absolute atomic E-state index is 12.1. The molecule has 1 aliphatic rings. The average molecular weight is 403 g/mol. The lowest BCUT2D eigenvalue weighted by molar-refractivity contribution is -0.222. The number of esters is 2. The van der Waals surface area contributed by atoms with Crippen molar-refractivity contribution in [1.82, 2.24) is 0 Å². The van der Waals surface area contributed by atoms with Gasteiger partial charge in [-0.2, -0.15) is 0 Å². The average Bonchev–Trinajstić information content (AvgIpc) is 2.71. The van der Waals surface area contributed by atoms with Gasteiger partial charge in [0.1, 0.15) is 5.75 Å². The molecule has 0 atom stereocenters. The highest BCUT2D eigenvalue weighted by Crippen LogP contribution is 2.29. The molecule has 0 unspecified atom stereocenters. The third-order valence-electron chi connectivity index (χ3n) is 4.74. The lowest BCUT2D eigenvalue weighted by Crippen LogP contribution is -2.42. The molecule has 0 saturated carbocycles. The third-order valence-corrected chi connectivity index (χ3v) is 4.74. The van der Waals surface area contributed by atoms with Gasteiger partial charge < -0.3 is 19.5 Å². The van der Waals surface area contributed by atoms with Crippen molar-refractivity contribution in [3.05, 3.63) is 72.4 Å². The molecule has 1 aliphatic heterocycles. The van der Waals surface area contributed by atoms with Gasteiger partial charge in [0.05, 0.1) is 7.11 Å². The summed E-state index contributed by atoms with van der Waals surface area (Å²) in [6.07, 6.45) is 1.31. The summed E-state index contributed by atoms with van der Waals surface area (Å²) < 4.78 is 15.5. The van der Waals surface area contributed by atoms with Crippen LogP contribution in [0, 0.1) is 0 Å². The summed E-state index contributed by atoms with van der Waals surface area (Å²) in [5.41, 5.74) is 2.58. The van der Waals surface area contributed by atoms with Crippen LogP contribution in [0.15, 0.2) is 72.4 Å². The third kappa shape index (κ3) is 3.98. The fourth-order valence-corrected chi connectivity index (χ4v) is 3.25. The monoisotopic (exact) mass is 403 g/mol. The highest BCUT2D eigenvalue weighted by molar-refractivity contribution is 6.15. The Morgan fingerprint density at radius 3 is 2.27 bits per heavy atom. The second-order valence-electron chi connectivity index (χ2n) is 7.39. The number of hydrogen-bond donors (Lipinski definition) is 1. The summed E-state index contributed by atoms with van der Waals surface area (Å²) in [5, 5.41) is 5.18. The molecule has 0 bridgehead atoms. The first kappa shape index (κ1) is 19.5. The van der Waals surface area contributed by atoms with E-state index in [1.807, 2.05) is 54.6 Å². The van der Waals surface area contributed by atoms with Crippen LogP contribution < -0.4 is 10.1 Å². The lowest BCUT2D eigenvalue weighted by atomic mass is 10.0. The molecule has 1 saturated heterocycles. The molecule has 30 heavy (non-hydrogen) atoms. The maximum Gasteiger partial charge on any atom is 0.350 e. The Morgan fingerprint density at radius 2 is 1.53 bits per heavy atom. The van der Waals surface area contributed by atoms with Crippen molar-refractivity contribution >= 4 is 28.4 Å². The number of nitrogens with one attached hydrogen (secondary N) is 1. The molecule has 3 aromatic carbocycles. The molecule has 0 aromatic heterocycles. The van der Waals surface area contributed by atoms with E-state index in [4.69, 9.17) is 14.2 Å². The molecule has 6 nitrogen and oxygen atoms in total. The van der Waals surface area contributed by atoms with Crippen molar-refractivity contribution in [2.45, 2.75) is 19.6 Å². The topological polar surface area (TPSA) is 73.9 Å². The number of benzene rings is 3. The molecular formula is C24H21NO5. The highest BCUT2D eigenvalue weighted by Gasteiger charge is 2.38. The van der Waals surface area contributed by atoms with Crippen LogP contribution in [0.3, 0.4) is 0 Å². The Labute approximate surface area is 174 Å². The second kappa shape index (κ2) is 7.55. The minimum atomic E-state index is -1.26. The Kier molecular flexibility index (Phi) is 4.91. The second-order valence-corrected chi connectivity index (χ2v) is 7.39. The zero-order valence-electron chi connectivity index (χ0n) is 16.9. The van der Waals surface area contributed by atoms with Crippen LogP contribution in [0.25, 0.3) is 21.9 Å². The predicted octanol–water partition coefficient (Wildman–Crippen LogP) is 4.65. The van der Waals surface area contributed by atoms with Crippen molar-refractivity contribution in [3.8, 4) is 16.9 Å². The van der Waals surface area contributed by atoms with E-state index in [0.29, 0.717) is 0 Å². The lowest BCUT2D eigenvalue weighted by Gasteiger charge is -2.29. The van der Waals surface area contributed by atoms with Gasteiger partial charge in [-0.25, -0.2) is 9.59 Å². The zero-order chi connectivity index (χ0) is 21.3. The molecule has 6 heteroatoms. The number of carbonyl (C=O) groups is 2. The van der Waals surface area contributed by atoms with Gasteiger partial charge in [0.15, 0.2) is 5.57 Å². The number of carbonyl (C=O) groups excluding carboxylic acids is 2. The zero-order valence-corrected chi connectivity index (χ0v) is 16.9. The van der Waals surface area contributed by atoms with E-state index in [1.54, 1.807) is 7.11 Å². The van der Waals surface area contributed by atoms with Gasteiger partial charge >= 0.3 is 11.9 Å². The highest BCUT2D eigenvalue weighted by atomic mass is 16.7. The van der Waals surface area contributed by atoms with Crippen molar-refractivity contribution in [2.75, 3.05) is 12.4 Å². The molecule has 152 valence electrons. The van der Waals surface area contributed by atoms with Crippen LogP contribution in [0.4, 0.5) is 5.69 Å². The number of fused-ring (bicyclic) bond motifs is 1. The predicted molar refractivity (Wildman–Crippen MR) is 114 cm³/mol. The fraction of sp³-hybridized carbons (Fsp3) is 0.167. The Morgan fingerprint density at radius 1 is 0.867 bits per heavy atom. The van der Waals surface area contributed by atoms with E-state index in [9.17, 15) is 9.59 Å². The van der Waals surface area contributed by atoms with Crippen LogP contribution in [-0.2, 0) is 19.1 Å². The van der Waals surface area contributed by atoms with Gasteiger partial charge in [-0.05, 0) is 52.2 Å². The smallest absolute Gasteiger partial charge is 0.350 e. The van der Waals surface area contributed by atoms with Gasteiger partial charge in [0, 0.05) is 25.7 Å². The number of anilines is 1. The Bertz CT molecular complexity index is 1160. The first-order valence-corrected chi connectivity index (χ1v) is 9.46. The number of cyclic esters (lactones) is 2. The summed E-state index contributed by atoms with van der Waals surface area (Å²) >= 11 is 0. The van der Waals surface area contributed by atoms with Crippen LogP contribution in [0.5, 0.6) is 5.75 Å². The molecule has 1 heterocycles. The normalized spacial score (nSPS) is 15.4. The van der Waals surface area contributed by atoms with E-state index < -0.39 is 17.7 Å². The molecule has 0 spiro atoms. The number of hydrogen-bond acceptors (Lipinski definition) is 6. The molecule has 1 N–H and O–H groups in total. The van der Waals surface area contributed by atoms with Crippen molar-refractivity contribution < 1.29 is 23.8 Å². The van der Waals surface area contributed by atoms with Crippen molar-refractivity contribution in [2.24, 2.45) is 0 Å². The van der Waals surface area contributed by atoms with E-state index in [-0.39, 0.29) is 5.57 Å². The van der Waals surface area contributed by atoms with Crippen LogP contribution in [0.1, 0.15) is 13.8 Å². The largest absolute Gasteiger partial charge is 0.497 e. The standard InChI is InChI=1S/C24H21NO5/c1-24(2)29-22(26)21(23(27)30-24)14-25-19-6-4-5-15(12-19)16-7-8-18-13-20(28-3)10-9-17(18)11-16/h4-14,25H,1-3H3. The van der Waals surface area contributed by atoms with Gasteiger partial charge in [-0.1, -0.05) is 30.3 Å². The molecule has 0 amide bonds. The SMILES string of the molecule is COc1ccc2cc(-c3cccc(NC=C4C(=O)OC(C)(C)OC4=O)c3)ccc2c1. The summed E-state index contributed by atoms with van der Waals surface area (Å²) in [4.78, 5) is 24.1. The van der Waals surface area contributed by atoms with Gasteiger partial charge in [-0.3, -0.25) is 0 Å². The van der Waals surface area contributed by atoms with E-state index in [0.717, 1.165) is 33.3 Å². The maximum atomic E-state index is 12.1. The summed E-state index contributed by atoms with van der Waals surface area (Å²) in [6.45, 7) is 3.02. The minimum Gasteiger partial charge on any atom is -0.497 e. The van der Waals surface area contributed by atoms with Gasteiger partial charge in [0.25, 0.3) is 5.79 Å². The van der Waals surface area contributed by atoms with E-state index in [1.165, 1.54) is 20.0 Å². The van der Waals surface area contributed by atoms with Crippen LogP contribution in [0.2, 0.25) is 0 Å². The molecular weight excluding hydrogens is 382 g/mol. The molecule has 0 radical (unpaired) electrons. The fourth-order valence-electron chi connectivity index (χ4n) is 3.25. The van der Waals surface area contributed by atoms with E-state index in [2.05, 4.69) is 11.4 Å².